The minimum absolute atomic E-state index is 0.0711. The molecule has 0 aromatic heterocycles. The number of ether oxygens (including phenoxy) is 1. The zero-order valence-corrected chi connectivity index (χ0v) is 11.3. The molecule has 0 bridgehead atoms. The molecule has 1 amide bonds. The molecule has 104 valence electrons. The van der Waals surface area contributed by atoms with Crippen LogP contribution in [0, 0.1) is 0 Å². The van der Waals surface area contributed by atoms with Gasteiger partial charge in [-0.3, -0.25) is 4.79 Å². The molecule has 0 aliphatic carbocycles. The van der Waals surface area contributed by atoms with Crippen LogP contribution in [0.4, 0.5) is 4.79 Å². The first-order chi connectivity index (χ1) is 8.36. The third-order valence-electron chi connectivity index (χ3n) is 2.64. The normalized spacial score (nSPS) is 20.7. The second kappa shape index (κ2) is 6.14. The minimum atomic E-state index is -3.92. The summed E-state index contributed by atoms with van der Waals surface area (Å²) >= 11 is 0. The van der Waals surface area contributed by atoms with Gasteiger partial charge in [-0.05, 0) is 26.7 Å². The Balaban J connectivity index is 2.71. The lowest BCUT2D eigenvalue weighted by Gasteiger charge is -2.22. The monoisotopic (exact) mass is 278 g/mol. The molecule has 1 atom stereocenters. The van der Waals surface area contributed by atoms with E-state index in [1.54, 1.807) is 6.92 Å². The molecule has 8 heteroatoms. The van der Waals surface area contributed by atoms with E-state index in [9.17, 15) is 18.0 Å². The first kappa shape index (κ1) is 14.9. The Morgan fingerprint density at radius 2 is 2.11 bits per heavy atom. The second-order valence-electron chi connectivity index (χ2n) is 4.14. The van der Waals surface area contributed by atoms with Crippen molar-refractivity contribution >= 4 is 22.1 Å². The van der Waals surface area contributed by atoms with E-state index in [1.807, 2.05) is 4.72 Å². The van der Waals surface area contributed by atoms with Gasteiger partial charge >= 0.3 is 16.3 Å². The summed E-state index contributed by atoms with van der Waals surface area (Å²) in [5, 5.41) is 0. The smallest absolute Gasteiger partial charge is 0.421 e. The molecule has 18 heavy (non-hydrogen) atoms. The van der Waals surface area contributed by atoms with Crippen LogP contribution in [0.1, 0.15) is 33.1 Å². The lowest BCUT2D eigenvalue weighted by molar-refractivity contribution is -0.117. The zero-order valence-electron chi connectivity index (χ0n) is 10.5. The molecule has 0 saturated carbocycles. The largest absolute Gasteiger partial charge is 0.449 e. The van der Waals surface area contributed by atoms with Gasteiger partial charge in [0.25, 0.3) is 0 Å². The summed E-state index contributed by atoms with van der Waals surface area (Å²) in [6, 6.07) is -0.366. The van der Waals surface area contributed by atoms with E-state index in [0.717, 1.165) is 4.31 Å². The van der Waals surface area contributed by atoms with Crippen LogP contribution in [0.2, 0.25) is 0 Å². The van der Waals surface area contributed by atoms with Gasteiger partial charge in [-0.2, -0.15) is 12.7 Å². The third kappa shape index (κ3) is 3.95. The van der Waals surface area contributed by atoms with E-state index in [-0.39, 0.29) is 24.9 Å². The number of hydrogen-bond donors (Lipinski definition) is 1. The number of ketones is 1. The van der Waals surface area contributed by atoms with E-state index in [1.165, 1.54) is 6.92 Å². The van der Waals surface area contributed by atoms with Gasteiger partial charge in [0.15, 0.2) is 0 Å². The molecule has 1 aliphatic rings. The van der Waals surface area contributed by atoms with Gasteiger partial charge in [0, 0.05) is 19.0 Å². The molecule has 1 rings (SSSR count). The maximum atomic E-state index is 11.9. The highest BCUT2D eigenvalue weighted by Crippen LogP contribution is 2.22. The molecule has 0 aromatic rings. The van der Waals surface area contributed by atoms with E-state index < -0.39 is 16.3 Å². The van der Waals surface area contributed by atoms with Crippen LogP contribution in [0.5, 0.6) is 0 Å². The van der Waals surface area contributed by atoms with Crippen LogP contribution in [0.15, 0.2) is 0 Å². The first-order valence-corrected chi connectivity index (χ1v) is 7.26. The van der Waals surface area contributed by atoms with Gasteiger partial charge in [-0.15, -0.1) is 0 Å². The number of Topliss-reactive ketones (excluding diaryl/α,β-unsaturated/α-hetero) is 1. The first-order valence-electron chi connectivity index (χ1n) is 5.82. The molecule has 0 aromatic carbocycles. The van der Waals surface area contributed by atoms with Crippen molar-refractivity contribution in [2.45, 2.75) is 39.2 Å². The summed E-state index contributed by atoms with van der Waals surface area (Å²) in [5.74, 6) is -0.0711. The molecule has 1 heterocycles. The molecule has 1 saturated heterocycles. The van der Waals surface area contributed by atoms with Crippen LogP contribution >= 0.6 is 0 Å². The number of hydrogen-bond acceptors (Lipinski definition) is 5. The Hall–Kier alpha value is -1.15. The van der Waals surface area contributed by atoms with E-state index >= 15 is 0 Å². The van der Waals surface area contributed by atoms with E-state index in [0.29, 0.717) is 19.4 Å². The number of carbonyl (C=O) groups excluding carboxylic acids is 2. The van der Waals surface area contributed by atoms with Crippen molar-refractivity contribution in [1.29, 1.82) is 0 Å². The van der Waals surface area contributed by atoms with Crippen LogP contribution in [0.3, 0.4) is 0 Å². The van der Waals surface area contributed by atoms with Crippen molar-refractivity contribution in [3.63, 3.8) is 0 Å². The molecule has 1 N–H and O–H groups in total. The lowest BCUT2D eigenvalue weighted by Crippen LogP contribution is -2.46. The van der Waals surface area contributed by atoms with Crippen molar-refractivity contribution in [2.24, 2.45) is 0 Å². The summed E-state index contributed by atoms with van der Waals surface area (Å²) < 4.78 is 31.3. The topological polar surface area (TPSA) is 92.8 Å². The SMILES string of the molecule is CCOC(=O)NS(=O)(=O)N1CCCC1CC(C)=O. The maximum Gasteiger partial charge on any atom is 0.421 e. The predicted molar refractivity (Wildman–Crippen MR) is 64.1 cm³/mol. The molecule has 0 radical (unpaired) electrons. The molecule has 0 spiro atoms. The molecular weight excluding hydrogens is 260 g/mol. The van der Waals surface area contributed by atoms with Crippen LogP contribution in [-0.4, -0.2) is 43.8 Å². The minimum Gasteiger partial charge on any atom is -0.449 e. The van der Waals surface area contributed by atoms with Crippen molar-refractivity contribution in [3.8, 4) is 0 Å². The second-order valence-corrected chi connectivity index (χ2v) is 5.76. The van der Waals surface area contributed by atoms with Crippen LogP contribution < -0.4 is 4.72 Å². The summed E-state index contributed by atoms with van der Waals surface area (Å²) in [4.78, 5) is 22.2. The van der Waals surface area contributed by atoms with Gasteiger partial charge in [0.2, 0.25) is 0 Å². The van der Waals surface area contributed by atoms with Crippen molar-refractivity contribution in [2.75, 3.05) is 13.2 Å². The lowest BCUT2D eigenvalue weighted by atomic mass is 10.1. The number of carbonyl (C=O) groups is 2. The average molecular weight is 278 g/mol. The Bertz CT molecular complexity index is 420. The van der Waals surface area contributed by atoms with Gasteiger partial charge < -0.3 is 4.74 Å². The molecule has 1 fully saturated rings. The van der Waals surface area contributed by atoms with Gasteiger partial charge in [-0.1, -0.05) is 0 Å². The highest BCUT2D eigenvalue weighted by atomic mass is 32.2. The highest BCUT2D eigenvalue weighted by Gasteiger charge is 2.35. The van der Waals surface area contributed by atoms with Gasteiger partial charge in [0.05, 0.1) is 6.61 Å². The number of nitrogens with zero attached hydrogens (tertiary/aromatic N) is 1. The Morgan fingerprint density at radius 3 is 2.67 bits per heavy atom. The van der Waals surface area contributed by atoms with Crippen LogP contribution in [0.25, 0.3) is 0 Å². The van der Waals surface area contributed by atoms with Crippen LogP contribution in [-0.2, 0) is 19.7 Å². The molecular formula is C10H18N2O5S. The highest BCUT2D eigenvalue weighted by molar-refractivity contribution is 7.87. The number of rotatable bonds is 5. The Labute approximate surface area is 107 Å². The third-order valence-corrected chi connectivity index (χ3v) is 4.17. The fourth-order valence-corrected chi connectivity index (χ4v) is 3.31. The summed E-state index contributed by atoms with van der Waals surface area (Å²) in [6.45, 7) is 3.41. The van der Waals surface area contributed by atoms with E-state index in [2.05, 4.69) is 4.74 Å². The van der Waals surface area contributed by atoms with E-state index in [4.69, 9.17) is 0 Å². The number of amides is 1. The van der Waals surface area contributed by atoms with Crippen molar-refractivity contribution in [3.05, 3.63) is 0 Å². The van der Waals surface area contributed by atoms with Gasteiger partial charge in [-0.25, -0.2) is 9.52 Å². The summed E-state index contributed by atoms with van der Waals surface area (Å²) in [6.07, 6.45) is 0.486. The Morgan fingerprint density at radius 1 is 1.44 bits per heavy atom. The zero-order chi connectivity index (χ0) is 13.8. The summed E-state index contributed by atoms with van der Waals surface area (Å²) in [7, 11) is -3.92. The standard InChI is InChI=1S/C10H18N2O5S/c1-3-17-10(14)11-18(15,16)12-6-4-5-9(12)7-8(2)13/h9H,3-7H2,1-2H3,(H,11,14). The summed E-state index contributed by atoms with van der Waals surface area (Å²) in [5.41, 5.74) is 0. The molecule has 1 unspecified atom stereocenters. The fraction of sp³-hybridized carbons (Fsp3) is 0.800. The predicted octanol–water partition coefficient (Wildman–Crippen LogP) is 0.421. The van der Waals surface area contributed by atoms with Crippen molar-refractivity contribution in [1.82, 2.24) is 9.03 Å². The van der Waals surface area contributed by atoms with Crippen molar-refractivity contribution < 1.29 is 22.7 Å². The molecule has 1 aliphatic heterocycles. The van der Waals surface area contributed by atoms with Gasteiger partial charge in [0.1, 0.15) is 5.78 Å². The Kier molecular flexibility index (Phi) is 5.09. The fourth-order valence-electron chi connectivity index (χ4n) is 1.99. The quantitative estimate of drug-likeness (QED) is 0.786. The maximum absolute atomic E-state index is 11.9. The number of nitrogens with one attached hydrogen (secondary N) is 1. The average Bonchev–Trinajstić information content (AvgIpc) is 2.64. The molecule has 7 nitrogen and oxygen atoms in total.